The van der Waals surface area contributed by atoms with Gasteiger partial charge in [0.15, 0.2) is 0 Å². The molecule has 0 unspecified atom stereocenters. The third-order valence-electron chi connectivity index (χ3n) is 5.34. The zero-order valence-electron chi connectivity index (χ0n) is 16.4. The van der Waals surface area contributed by atoms with E-state index in [9.17, 15) is 0 Å². The molecule has 0 amide bonds. The van der Waals surface area contributed by atoms with Crippen LogP contribution in [0.4, 0.5) is 0 Å². The molecule has 0 fully saturated rings. The molecule has 23 heavy (non-hydrogen) atoms. The van der Waals surface area contributed by atoms with Crippen molar-refractivity contribution >= 4 is 0 Å². The van der Waals surface area contributed by atoms with E-state index in [1.54, 1.807) is 0 Å². The normalized spacial score (nSPS) is 12.6. The van der Waals surface area contributed by atoms with Gasteiger partial charge in [-0.15, -0.1) is 0 Å². The van der Waals surface area contributed by atoms with E-state index in [2.05, 4.69) is 58.9 Å². The second-order valence-corrected chi connectivity index (χ2v) is 7.90. The van der Waals surface area contributed by atoms with Crippen LogP contribution in [0.5, 0.6) is 0 Å². The lowest BCUT2D eigenvalue weighted by Gasteiger charge is -2.32. The summed E-state index contributed by atoms with van der Waals surface area (Å²) in [7, 11) is 1.89. The second-order valence-electron chi connectivity index (χ2n) is 7.90. The van der Waals surface area contributed by atoms with Crippen LogP contribution in [0.15, 0.2) is 24.3 Å². The van der Waals surface area contributed by atoms with Crippen molar-refractivity contribution < 1.29 is 4.74 Å². The maximum Gasteiger partial charge on any atom is 0.0681 e. The molecule has 0 atom stereocenters. The largest absolute Gasteiger partial charge is 0.378 e. The molecular formula is C22H38O. The van der Waals surface area contributed by atoms with E-state index >= 15 is 0 Å². The van der Waals surface area contributed by atoms with Crippen molar-refractivity contribution in [2.24, 2.45) is 5.41 Å². The molecular weight excluding hydrogens is 280 g/mol. The van der Waals surface area contributed by atoms with Gasteiger partial charge in [0.1, 0.15) is 0 Å². The molecule has 0 heterocycles. The molecule has 1 rings (SSSR count). The Kier molecular flexibility index (Phi) is 8.33. The molecule has 0 aromatic heterocycles. The molecule has 1 nitrogen and oxygen atoms in total. The summed E-state index contributed by atoms with van der Waals surface area (Å²) in [6, 6.07) is 9.20. The Balaban J connectivity index is 2.76. The zero-order valence-corrected chi connectivity index (χ0v) is 16.4. The molecule has 1 aromatic rings. The molecule has 1 heteroatoms. The van der Waals surface area contributed by atoms with Crippen molar-refractivity contribution in [3.8, 4) is 0 Å². The zero-order chi connectivity index (χ0) is 17.3. The summed E-state index contributed by atoms with van der Waals surface area (Å²) in [5.41, 5.74) is 3.40. The Morgan fingerprint density at radius 3 is 2.04 bits per heavy atom. The van der Waals surface area contributed by atoms with E-state index in [0.29, 0.717) is 5.41 Å². The lowest BCUT2D eigenvalue weighted by Crippen LogP contribution is -2.31. The van der Waals surface area contributed by atoms with Crippen LogP contribution in [-0.2, 0) is 17.6 Å². The third-order valence-corrected chi connectivity index (χ3v) is 5.34. The summed E-state index contributed by atoms with van der Waals surface area (Å²) >= 11 is 0. The van der Waals surface area contributed by atoms with Gasteiger partial charge in [-0.05, 0) is 48.6 Å². The van der Waals surface area contributed by atoms with Crippen molar-refractivity contribution in [2.45, 2.75) is 91.6 Å². The highest BCUT2D eigenvalue weighted by Crippen LogP contribution is 2.30. The van der Waals surface area contributed by atoms with E-state index in [4.69, 9.17) is 4.74 Å². The molecule has 0 radical (unpaired) electrons. The summed E-state index contributed by atoms with van der Waals surface area (Å²) in [5, 5.41) is 0. The highest BCUT2D eigenvalue weighted by atomic mass is 16.5. The Hall–Kier alpha value is -0.820. The fourth-order valence-corrected chi connectivity index (χ4v) is 3.54. The summed E-state index contributed by atoms with van der Waals surface area (Å²) in [6.45, 7) is 11.5. The predicted octanol–water partition coefficient (Wildman–Crippen LogP) is 6.58. The summed E-state index contributed by atoms with van der Waals surface area (Å²) in [5.74, 6) is 0. The van der Waals surface area contributed by atoms with Crippen molar-refractivity contribution in [3.05, 3.63) is 35.4 Å². The van der Waals surface area contributed by atoms with Gasteiger partial charge >= 0.3 is 0 Å². The maximum absolute atomic E-state index is 5.97. The van der Waals surface area contributed by atoms with E-state index < -0.39 is 0 Å². The van der Waals surface area contributed by atoms with Crippen LogP contribution in [0, 0.1) is 5.41 Å². The Labute approximate surface area is 144 Å². The summed E-state index contributed by atoms with van der Waals surface area (Å²) in [6.07, 6.45) is 9.35. The number of aryl methyl sites for hydroxylation is 1. The molecule has 0 N–H and O–H groups in total. The standard InChI is InChI=1S/C22H38O/c1-7-14-22(23-6,15-8-2)16-13-19-11-10-12-20(17-19)18-21(4,5)9-3/h10-12,17H,7-9,13-16,18H2,1-6H3. The molecule has 0 aliphatic carbocycles. The second kappa shape index (κ2) is 9.47. The van der Waals surface area contributed by atoms with Crippen molar-refractivity contribution in [2.75, 3.05) is 7.11 Å². The Bertz CT molecular complexity index is 441. The van der Waals surface area contributed by atoms with E-state index in [0.717, 1.165) is 19.3 Å². The first-order valence-corrected chi connectivity index (χ1v) is 9.53. The van der Waals surface area contributed by atoms with Crippen LogP contribution >= 0.6 is 0 Å². The van der Waals surface area contributed by atoms with Crippen molar-refractivity contribution in [3.63, 3.8) is 0 Å². The van der Waals surface area contributed by atoms with E-state index in [1.807, 2.05) is 7.11 Å². The molecule has 0 aliphatic heterocycles. The summed E-state index contributed by atoms with van der Waals surface area (Å²) in [4.78, 5) is 0. The minimum Gasteiger partial charge on any atom is -0.378 e. The lowest BCUT2D eigenvalue weighted by atomic mass is 9.82. The number of ether oxygens (including phenoxy) is 1. The van der Waals surface area contributed by atoms with Gasteiger partial charge in [-0.1, -0.05) is 78.1 Å². The number of benzene rings is 1. The predicted molar refractivity (Wildman–Crippen MR) is 102 cm³/mol. The average Bonchev–Trinajstić information content (AvgIpc) is 2.53. The highest BCUT2D eigenvalue weighted by Gasteiger charge is 2.27. The fourth-order valence-electron chi connectivity index (χ4n) is 3.54. The molecule has 0 bridgehead atoms. The molecule has 0 spiro atoms. The molecule has 0 saturated carbocycles. The third kappa shape index (κ3) is 6.67. The van der Waals surface area contributed by atoms with Crippen LogP contribution in [-0.4, -0.2) is 12.7 Å². The fraction of sp³-hybridized carbons (Fsp3) is 0.727. The number of methoxy groups -OCH3 is 1. The van der Waals surface area contributed by atoms with Gasteiger partial charge in [0.2, 0.25) is 0 Å². The van der Waals surface area contributed by atoms with Crippen molar-refractivity contribution in [1.29, 1.82) is 0 Å². The van der Waals surface area contributed by atoms with Crippen molar-refractivity contribution in [1.82, 2.24) is 0 Å². The Morgan fingerprint density at radius 2 is 1.52 bits per heavy atom. The van der Waals surface area contributed by atoms with Gasteiger partial charge in [0, 0.05) is 7.11 Å². The van der Waals surface area contributed by atoms with Gasteiger partial charge < -0.3 is 4.74 Å². The molecule has 1 aromatic carbocycles. The quantitative estimate of drug-likeness (QED) is 0.447. The van der Waals surface area contributed by atoms with Gasteiger partial charge in [0.25, 0.3) is 0 Å². The lowest BCUT2D eigenvalue weighted by molar-refractivity contribution is -0.0320. The van der Waals surface area contributed by atoms with Gasteiger partial charge in [-0.25, -0.2) is 0 Å². The SMILES string of the molecule is CCCC(CCC)(CCc1cccc(CC(C)(C)CC)c1)OC. The van der Waals surface area contributed by atoms with Gasteiger partial charge in [-0.2, -0.15) is 0 Å². The first-order chi connectivity index (χ1) is 10.9. The van der Waals surface area contributed by atoms with Crippen LogP contribution in [0.1, 0.15) is 84.3 Å². The number of hydrogen-bond acceptors (Lipinski definition) is 1. The van der Waals surface area contributed by atoms with Gasteiger partial charge in [0.05, 0.1) is 5.60 Å². The highest BCUT2D eigenvalue weighted by molar-refractivity contribution is 5.24. The van der Waals surface area contributed by atoms with Crippen LogP contribution < -0.4 is 0 Å². The Morgan fingerprint density at radius 1 is 0.913 bits per heavy atom. The monoisotopic (exact) mass is 318 g/mol. The van der Waals surface area contributed by atoms with Crippen LogP contribution in [0.25, 0.3) is 0 Å². The smallest absolute Gasteiger partial charge is 0.0681 e. The topological polar surface area (TPSA) is 9.23 Å². The maximum atomic E-state index is 5.97. The van der Waals surface area contributed by atoms with E-state index in [-0.39, 0.29) is 5.60 Å². The number of rotatable bonds is 11. The van der Waals surface area contributed by atoms with Gasteiger partial charge in [-0.3, -0.25) is 0 Å². The van der Waals surface area contributed by atoms with Crippen LogP contribution in [0.2, 0.25) is 0 Å². The van der Waals surface area contributed by atoms with E-state index in [1.165, 1.54) is 43.2 Å². The minimum absolute atomic E-state index is 0.0716. The molecule has 132 valence electrons. The minimum atomic E-state index is 0.0716. The first-order valence-electron chi connectivity index (χ1n) is 9.53. The molecule has 0 saturated heterocycles. The van der Waals surface area contributed by atoms with Crippen LogP contribution in [0.3, 0.4) is 0 Å². The first kappa shape index (κ1) is 20.2. The summed E-state index contributed by atoms with van der Waals surface area (Å²) < 4.78 is 5.97. The number of hydrogen-bond donors (Lipinski definition) is 0. The average molecular weight is 319 g/mol. The molecule has 0 aliphatic rings.